The molecule has 0 aromatic carbocycles. The molecule has 0 bridgehead atoms. The van der Waals surface area contributed by atoms with Gasteiger partial charge in [0.2, 0.25) is 5.91 Å². The van der Waals surface area contributed by atoms with E-state index in [-0.39, 0.29) is 17.7 Å². The third kappa shape index (κ3) is 3.16. The third-order valence-electron chi connectivity index (χ3n) is 4.71. The topological polar surface area (TPSA) is 93.8 Å². The van der Waals surface area contributed by atoms with E-state index < -0.39 is 12.2 Å². The number of carbonyl (C=O) groups excluding carboxylic acids is 3. The van der Waals surface area contributed by atoms with E-state index in [9.17, 15) is 14.4 Å². The van der Waals surface area contributed by atoms with Gasteiger partial charge >= 0.3 is 6.03 Å². The SMILES string of the molecule is O=C1NNC(C(=O)N2CCN(C(=O)C3CCCCC3)CC2)N1. The second-order valence-corrected chi connectivity index (χ2v) is 6.16. The number of amides is 4. The van der Waals surface area contributed by atoms with Crippen LogP contribution in [0.25, 0.3) is 0 Å². The van der Waals surface area contributed by atoms with E-state index in [2.05, 4.69) is 16.2 Å². The van der Waals surface area contributed by atoms with Gasteiger partial charge in [0.1, 0.15) is 0 Å². The van der Waals surface area contributed by atoms with E-state index >= 15 is 0 Å². The Bertz CT molecular complexity index is 455. The second kappa shape index (κ2) is 6.51. The van der Waals surface area contributed by atoms with Crippen molar-refractivity contribution >= 4 is 17.8 Å². The summed E-state index contributed by atoms with van der Waals surface area (Å²) >= 11 is 0. The van der Waals surface area contributed by atoms with E-state index in [0.29, 0.717) is 26.2 Å². The fourth-order valence-corrected chi connectivity index (χ4v) is 3.40. The average molecular weight is 309 g/mol. The van der Waals surface area contributed by atoms with Gasteiger partial charge in [-0.3, -0.25) is 15.0 Å². The van der Waals surface area contributed by atoms with Crippen LogP contribution in [0.15, 0.2) is 0 Å². The van der Waals surface area contributed by atoms with Crippen LogP contribution in [0, 0.1) is 5.92 Å². The Balaban J connectivity index is 1.48. The highest BCUT2D eigenvalue weighted by Gasteiger charge is 2.34. The lowest BCUT2D eigenvalue weighted by molar-refractivity contribution is -0.143. The summed E-state index contributed by atoms with van der Waals surface area (Å²) < 4.78 is 0. The molecule has 1 unspecified atom stereocenters. The first kappa shape index (κ1) is 15.1. The number of urea groups is 1. The molecule has 1 saturated carbocycles. The summed E-state index contributed by atoms with van der Waals surface area (Å²) in [5.41, 5.74) is 4.95. The van der Waals surface area contributed by atoms with Gasteiger partial charge in [-0.2, -0.15) is 0 Å². The smallest absolute Gasteiger partial charge is 0.330 e. The number of nitrogens with one attached hydrogen (secondary N) is 3. The van der Waals surface area contributed by atoms with Gasteiger partial charge in [0.05, 0.1) is 0 Å². The van der Waals surface area contributed by atoms with Gasteiger partial charge in [-0.25, -0.2) is 10.2 Å². The predicted molar refractivity (Wildman–Crippen MR) is 78.3 cm³/mol. The molecule has 22 heavy (non-hydrogen) atoms. The number of nitrogens with zero attached hydrogens (tertiary/aromatic N) is 2. The van der Waals surface area contributed by atoms with Crippen molar-refractivity contribution < 1.29 is 14.4 Å². The molecule has 8 heteroatoms. The fraction of sp³-hybridized carbons (Fsp3) is 0.786. The Morgan fingerprint density at radius 2 is 1.50 bits per heavy atom. The minimum atomic E-state index is -0.715. The molecule has 2 saturated heterocycles. The molecule has 0 radical (unpaired) electrons. The molecular formula is C14H23N5O3. The van der Waals surface area contributed by atoms with Gasteiger partial charge in [-0.05, 0) is 12.8 Å². The van der Waals surface area contributed by atoms with Crippen LogP contribution in [0.2, 0.25) is 0 Å². The van der Waals surface area contributed by atoms with Crippen LogP contribution in [-0.4, -0.2) is 60.0 Å². The van der Waals surface area contributed by atoms with Gasteiger partial charge in [-0.1, -0.05) is 19.3 Å². The summed E-state index contributed by atoms with van der Waals surface area (Å²) in [6.45, 7) is 2.20. The van der Waals surface area contributed by atoms with Crippen LogP contribution in [0.4, 0.5) is 4.79 Å². The Morgan fingerprint density at radius 1 is 0.909 bits per heavy atom. The van der Waals surface area contributed by atoms with Gasteiger partial charge in [0.25, 0.3) is 5.91 Å². The Hall–Kier alpha value is -1.83. The monoisotopic (exact) mass is 309 g/mol. The maximum absolute atomic E-state index is 12.5. The van der Waals surface area contributed by atoms with Crippen molar-refractivity contribution in [2.24, 2.45) is 5.92 Å². The molecule has 0 spiro atoms. The van der Waals surface area contributed by atoms with Crippen LogP contribution in [0.3, 0.4) is 0 Å². The lowest BCUT2D eigenvalue weighted by atomic mass is 9.88. The van der Waals surface area contributed by atoms with Crippen molar-refractivity contribution in [1.29, 1.82) is 0 Å². The summed E-state index contributed by atoms with van der Waals surface area (Å²) in [5, 5.41) is 2.50. The third-order valence-corrected chi connectivity index (χ3v) is 4.71. The van der Waals surface area contributed by atoms with Crippen LogP contribution >= 0.6 is 0 Å². The highest BCUT2D eigenvalue weighted by molar-refractivity contribution is 5.89. The average Bonchev–Trinajstić information content (AvgIpc) is 3.01. The molecule has 4 amide bonds. The number of rotatable bonds is 2. The zero-order valence-corrected chi connectivity index (χ0v) is 12.6. The zero-order valence-electron chi connectivity index (χ0n) is 12.6. The molecule has 3 N–H and O–H groups in total. The quantitative estimate of drug-likeness (QED) is 0.634. The molecule has 3 aliphatic rings. The minimum Gasteiger partial charge on any atom is -0.339 e. The summed E-state index contributed by atoms with van der Waals surface area (Å²) in [7, 11) is 0. The molecule has 1 aliphatic carbocycles. The van der Waals surface area contributed by atoms with E-state index in [1.165, 1.54) is 6.42 Å². The summed E-state index contributed by atoms with van der Waals surface area (Å²) in [6, 6.07) is -0.399. The lowest BCUT2D eigenvalue weighted by Gasteiger charge is -2.37. The Kier molecular flexibility index (Phi) is 4.47. The Labute approximate surface area is 129 Å². The first-order valence-corrected chi connectivity index (χ1v) is 8.05. The number of carbonyl (C=O) groups is 3. The van der Waals surface area contributed by atoms with Crippen molar-refractivity contribution in [1.82, 2.24) is 26.0 Å². The molecule has 1 atom stereocenters. The highest BCUT2D eigenvalue weighted by atomic mass is 16.2. The first-order valence-electron chi connectivity index (χ1n) is 8.05. The minimum absolute atomic E-state index is 0.164. The summed E-state index contributed by atoms with van der Waals surface area (Å²) in [5.74, 6) is 0.264. The van der Waals surface area contributed by atoms with Crippen molar-refractivity contribution in [2.45, 2.75) is 38.3 Å². The van der Waals surface area contributed by atoms with Gasteiger partial charge in [0.15, 0.2) is 6.17 Å². The van der Waals surface area contributed by atoms with E-state index in [1.54, 1.807) is 4.90 Å². The molecule has 0 aromatic rings. The van der Waals surface area contributed by atoms with Gasteiger partial charge in [0, 0.05) is 32.1 Å². The standard InChI is InChI=1S/C14H23N5O3/c20-12(10-4-2-1-3-5-10)18-6-8-19(9-7-18)13(21)11-15-14(22)17-16-11/h10-11,16H,1-9H2,(H2,15,17,22). The molecule has 0 aromatic heterocycles. The van der Waals surface area contributed by atoms with Gasteiger partial charge < -0.3 is 15.1 Å². The molecule has 3 fully saturated rings. The lowest BCUT2D eigenvalue weighted by Crippen LogP contribution is -2.57. The largest absolute Gasteiger partial charge is 0.339 e. The normalized spacial score (nSPS) is 26.5. The molecule has 3 rings (SSSR count). The number of hydrogen-bond acceptors (Lipinski definition) is 4. The highest BCUT2D eigenvalue weighted by Crippen LogP contribution is 2.25. The van der Waals surface area contributed by atoms with Crippen molar-refractivity contribution in [2.75, 3.05) is 26.2 Å². The molecule has 2 heterocycles. The van der Waals surface area contributed by atoms with Crippen molar-refractivity contribution in [3.8, 4) is 0 Å². The van der Waals surface area contributed by atoms with E-state index in [0.717, 1.165) is 25.7 Å². The summed E-state index contributed by atoms with van der Waals surface area (Å²) in [6.07, 6.45) is 4.82. The Morgan fingerprint density at radius 3 is 2.05 bits per heavy atom. The van der Waals surface area contributed by atoms with Gasteiger partial charge in [-0.15, -0.1) is 0 Å². The van der Waals surface area contributed by atoms with Crippen LogP contribution in [0.1, 0.15) is 32.1 Å². The second-order valence-electron chi connectivity index (χ2n) is 6.16. The molecule has 2 aliphatic heterocycles. The summed E-state index contributed by atoms with van der Waals surface area (Å²) in [4.78, 5) is 39.3. The zero-order chi connectivity index (χ0) is 15.5. The number of hydrogen-bond donors (Lipinski definition) is 3. The van der Waals surface area contributed by atoms with Crippen molar-refractivity contribution in [3.05, 3.63) is 0 Å². The van der Waals surface area contributed by atoms with Crippen LogP contribution in [-0.2, 0) is 9.59 Å². The van der Waals surface area contributed by atoms with Crippen LogP contribution < -0.4 is 16.2 Å². The van der Waals surface area contributed by atoms with E-state index in [4.69, 9.17) is 0 Å². The molecule has 8 nitrogen and oxygen atoms in total. The molecule has 122 valence electrons. The van der Waals surface area contributed by atoms with Crippen LogP contribution in [0.5, 0.6) is 0 Å². The predicted octanol–water partition coefficient (Wildman–Crippen LogP) is -0.619. The molecular weight excluding hydrogens is 286 g/mol. The van der Waals surface area contributed by atoms with Crippen molar-refractivity contribution in [3.63, 3.8) is 0 Å². The maximum Gasteiger partial charge on any atom is 0.330 e. The number of piperazine rings is 1. The maximum atomic E-state index is 12.5. The fourth-order valence-electron chi connectivity index (χ4n) is 3.40. The van der Waals surface area contributed by atoms with E-state index in [1.807, 2.05) is 4.90 Å². The first-order chi connectivity index (χ1) is 10.6. The number of hydrazine groups is 1.